The minimum absolute atomic E-state index is 0.00621. The van der Waals surface area contributed by atoms with Crippen LogP contribution in [0.1, 0.15) is 18.1 Å². The van der Waals surface area contributed by atoms with Crippen molar-refractivity contribution in [1.82, 2.24) is 0 Å². The average Bonchev–Trinajstić information content (AvgIpc) is 2.77. The molecule has 0 atom stereocenters. The van der Waals surface area contributed by atoms with E-state index in [0.29, 0.717) is 0 Å². The maximum absolute atomic E-state index is 12.2. The maximum Gasteiger partial charge on any atom is 0.337 e. The van der Waals surface area contributed by atoms with Crippen molar-refractivity contribution in [3.63, 3.8) is 0 Å². The largest absolute Gasteiger partial charge is 0.676 e. The summed E-state index contributed by atoms with van der Waals surface area (Å²) in [7, 11) is 0. The first kappa shape index (κ1) is 19.4. The quantitative estimate of drug-likeness (QED) is 0.555. The van der Waals surface area contributed by atoms with Crippen LogP contribution in [0.25, 0.3) is 0 Å². The lowest BCUT2D eigenvalue weighted by Gasteiger charge is -2.46. The van der Waals surface area contributed by atoms with E-state index in [4.69, 9.17) is 50.1 Å². The molecule has 0 saturated carbocycles. The van der Waals surface area contributed by atoms with Gasteiger partial charge in [-0.2, -0.15) is 0 Å². The van der Waals surface area contributed by atoms with Crippen molar-refractivity contribution in [3.8, 4) is 0 Å². The van der Waals surface area contributed by atoms with Crippen LogP contribution in [-0.2, 0) is 22.3 Å². The van der Waals surface area contributed by atoms with Gasteiger partial charge in [0.1, 0.15) is 5.88 Å². The molecule has 2 N–H and O–H groups in total. The molecule has 144 valence electrons. The molecule has 0 aromatic heterocycles. The molecule has 2 aromatic rings. The summed E-state index contributed by atoms with van der Waals surface area (Å²) in [6, 6.07) is 15.8. The van der Waals surface area contributed by atoms with Crippen molar-refractivity contribution in [3.05, 3.63) is 71.1 Å². The molecule has 1 spiro atoms. The van der Waals surface area contributed by atoms with Crippen molar-refractivity contribution < 1.29 is 9.45 Å². The summed E-state index contributed by atoms with van der Waals surface area (Å²) in [6.07, 6.45) is 1.64. The fourth-order valence-electron chi connectivity index (χ4n) is 4.18. The SMILES string of the molecule is CC(=O)C1=C(N)O[B-]2(N=C1C(Cl)(Cl)Cl)c1ccccc1CCc1ccccc12. The van der Waals surface area contributed by atoms with Crippen molar-refractivity contribution in [2.24, 2.45) is 10.6 Å². The Morgan fingerprint density at radius 2 is 1.54 bits per heavy atom. The molecule has 2 aromatic carbocycles. The van der Waals surface area contributed by atoms with Crippen LogP contribution in [0, 0.1) is 0 Å². The van der Waals surface area contributed by atoms with Crippen LogP contribution in [0.3, 0.4) is 0 Å². The number of carbonyl (C=O) groups excluding carboxylic acids is 1. The molecular formula is C20H17BCl3N2O2-. The summed E-state index contributed by atoms with van der Waals surface area (Å²) in [6.45, 7) is -0.864. The summed E-state index contributed by atoms with van der Waals surface area (Å²) < 4.78 is 4.35. The van der Waals surface area contributed by atoms with Crippen LogP contribution in [0.4, 0.5) is 0 Å². The summed E-state index contributed by atoms with van der Waals surface area (Å²) in [5.74, 6) is -0.446. The Morgan fingerprint density at radius 1 is 1.04 bits per heavy atom. The third-order valence-corrected chi connectivity index (χ3v) is 5.87. The molecule has 2 heterocycles. The van der Waals surface area contributed by atoms with Gasteiger partial charge in [-0.05, 0) is 19.8 Å². The number of hydrogen-bond acceptors (Lipinski definition) is 4. The van der Waals surface area contributed by atoms with Gasteiger partial charge in [0.05, 0.1) is 11.3 Å². The number of fused-ring (bicyclic) bond motifs is 4. The zero-order valence-corrected chi connectivity index (χ0v) is 17.4. The Morgan fingerprint density at radius 3 is 2.00 bits per heavy atom. The van der Waals surface area contributed by atoms with Crippen LogP contribution in [0.15, 0.2) is 64.9 Å². The van der Waals surface area contributed by atoms with Crippen molar-refractivity contribution >= 4 is 63.7 Å². The lowest BCUT2D eigenvalue weighted by Crippen LogP contribution is -2.64. The third-order valence-electron chi connectivity index (χ3n) is 5.33. The summed E-state index contributed by atoms with van der Waals surface area (Å²) in [4.78, 5) is 17.1. The van der Waals surface area contributed by atoms with Gasteiger partial charge in [0.15, 0.2) is 5.78 Å². The van der Waals surface area contributed by atoms with Gasteiger partial charge < -0.3 is 15.3 Å². The highest BCUT2D eigenvalue weighted by Gasteiger charge is 2.44. The molecule has 28 heavy (non-hydrogen) atoms. The fourth-order valence-corrected chi connectivity index (χ4v) is 4.61. The zero-order chi connectivity index (χ0) is 20.1. The topological polar surface area (TPSA) is 64.7 Å². The number of halogens is 3. The standard InChI is InChI=1S/C20H17BCl3N2O2/c1-12(27)17-18(20(22,23)24)26-21(28-19(17)25)15-8-4-2-6-13(15)10-11-14-7-3-5-9-16(14)21/h2-9H,10-11,25H2,1H3/q-1. The first-order valence-electron chi connectivity index (χ1n) is 8.92. The third kappa shape index (κ3) is 3.02. The molecule has 0 amide bonds. The first-order chi connectivity index (χ1) is 13.2. The second-order valence-electron chi connectivity index (χ2n) is 7.03. The molecule has 0 aliphatic carbocycles. The van der Waals surface area contributed by atoms with Gasteiger partial charge in [0.2, 0.25) is 3.79 Å². The van der Waals surface area contributed by atoms with Crippen LogP contribution in [0.2, 0.25) is 0 Å². The number of carbonyl (C=O) groups is 1. The maximum atomic E-state index is 12.2. The molecule has 0 fully saturated rings. The number of alkyl halides is 3. The number of rotatable bonds is 1. The normalized spacial score (nSPS) is 17.9. The minimum Gasteiger partial charge on any atom is -0.676 e. The molecule has 0 bridgehead atoms. The van der Waals surface area contributed by atoms with Crippen LogP contribution >= 0.6 is 34.8 Å². The van der Waals surface area contributed by atoms with Gasteiger partial charge in [0, 0.05) is 0 Å². The van der Waals surface area contributed by atoms with Gasteiger partial charge in [-0.25, -0.2) is 0 Å². The Hall–Kier alpha value is -1.95. The first-order valence-corrected chi connectivity index (χ1v) is 10.1. The Bertz CT molecular complexity index is 996. The second kappa shape index (κ2) is 6.84. The zero-order valence-electron chi connectivity index (χ0n) is 15.1. The molecule has 2 aliphatic heterocycles. The van der Waals surface area contributed by atoms with E-state index >= 15 is 0 Å². The molecule has 0 unspecified atom stereocenters. The number of aryl methyl sites for hydroxylation is 2. The smallest absolute Gasteiger partial charge is 0.337 e. The number of ketones is 1. The number of benzene rings is 2. The number of nitrogens with zero attached hydrogens (tertiary/aromatic N) is 1. The highest BCUT2D eigenvalue weighted by atomic mass is 35.6. The van der Waals surface area contributed by atoms with Crippen molar-refractivity contribution in [2.75, 3.05) is 0 Å². The highest BCUT2D eigenvalue weighted by molar-refractivity contribution is 6.99. The lowest BCUT2D eigenvalue weighted by molar-refractivity contribution is -0.113. The van der Waals surface area contributed by atoms with Gasteiger partial charge in [0.25, 0.3) is 0 Å². The van der Waals surface area contributed by atoms with Gasteiger partial charge in [-0.1, -0.05) is 94.5 Å². The summed E-state index contributed by atoms with van der Waals surface area (Å²) in [5, 5.41) is 0. The van der Waals surface area contributed by atoms with E-state index in [2.05, 4.69) is 0 Å². The Kier molecular flexibility index (Phi) is 4.73. The molecule has 4 rings (SSSR count). The molecule has 4 nitrogen and oxygen atoms in total. The second-order valence-corrected chi connectivity index (χ2v) is 9.31. The van der Waals surface area contributed by atoms with Crippen LogP contribution in [0.5, 0.6) is 0 Å². The molecule has 0 saturated heterocycles. The molecule has 8 heteroatoms. The molecular weight excluding hydrogens is 417 g/mol. The minimum atomic E-state index is -2.21. The van der Waals surface area contributed by atoms with Crippen molar-refractivity contribution in [2.45, 2.75) is 23.6 Å². The van der Waals surface area contributed by atoms with Crippen LogP contribution < -0.4 is 16.7 Å². The fraction of sp³-hybridized carbons (Fsp3) is 0.200. The van der Waals surface area contributed by atoms with E-state index in [1.807, 2.05) is 48.5 Å². The van der Waals surface area contributed by atoms with E-state index in [9.17, 15) is 4.79 Å². The average molecular weight is 435 g/mol. The Balaban J connectivity index is 2.09. The van der Waals surface area contributed by atoms with Gasteiger partial charge in [-0.3, -0.25) is 4.79 Å². The predicted molar refractivity (Wildman–Crippen MR) is 116 cm³/mol. The van der Waals surface area contributed by atoms with E-state index in [0.717, 1.165) is 34.9 Å². The lowest BCUT2D eigenvalue weighted by atomic mass is 9.40. The van der Waals surface area contributed by atoms with E-state index in [1.54, 1.807) is 0 Å². The summed E-state index contributed by atoms with van der Waals surface area (Å²) in [5.41, 5.74) is 10.2. The summed E-state index contributed by atoms with van der Waals surface area (Å²) >= 11 is 18.7. The van der Waals surface area contributed by atoms with Crippen molar-refractivity contribution in [1.29, 1.82) is 0 Å². The molecule has 0 radical (unpaired) electrons. The van der Waals surface area contributed by atoms with E-state index < -0.39 is 10.3 Å². The van der Waals surface area contributed by atoms with Gasteiger partial charge in [-0.15, -0.1) is 10.9 Å². The highest BCUT2D eigenvalue weighted by Crippen LogP contribution is 2.37. The van der Waals surface area contributed by atoms with E-state index in [1.165, 1.54) is 6.92 Å². The number of Topliss-reactive ketones (excluding diaryl/α,β-unsaturated/α-hetero) is 1. The Labute approximate surface area is 178 Å². The van der Waals surface area contributed by atoms with Gasteiger partial charge >= 0.3 is 6.48 Å². The number of nitrogens with two attached hydrogens (primary N) is 1. The van der Waals surface area contributed by atoms with Crippen LogP contribution in [-0.4, -0.2) is 21.8 Å². The van der Waals surface area contributed by atoms with E-state index in [-0.39, 0.29) is 23.0 Å². The number of allylic oxidation sites excluding steroid dienone is 1. The monoisotopic (exact) mass is 433 g/mol. The predicted octanol–water partition coefficient (Wildman–Crippen LogP) is 2.94. The molecule has 2 aliphatic rings. The number of hydrogen-bond donors (Lipinski definition) is 1.